The number of thiophene rings is 1. The van der Waals surface area contributed by atoms with Gasteiger partial charge in [0, 0.05) is 5.92 Å². The molecule has 3 rings (SSSR count). The Balaban J connectivity index is 1.96. The van der Waals surface area contributed by atoms with Gasteiger partial charge in [-0.3, -0.25) is 4.79 Å². The number of nitrogens with one attached hydrogen (secondary N) is 1. The van der Waals surface area contributed by atoms with E-state index in [4.69, 9.17) is 6.42 Å². The average Bonchev–Trinajstić information content (AvgIpc) is 2.93. The van der Waals surface area contributed by atoms with Gasteiger partial charge in [-0.25, -0.2) is 8.42 Å². The van der Waals surface area contributed by atoms with E-state index in [2.05, 4.69) is 10.6 Å². The minimum atomic E-state index is -3.97. The van der Waals surface area contributed by atoms with Gasteiger partial charge in [-0.1, -0.05) is 43.2 Å². The third-order valence-corrected chi connectivity index (χ3v) is 7.40. The fraction of sp³-hybridized carbons (Fsp3) is 0.235. The molecule has 1 heterocycles. The molecule has 1 aromatic carbocycles. The van der Waals surface area contributed by atoms with Gasteiger partial charge in [-0.2, -0.15) is 4.72 Å². The number of rotatable bonds is 5. The summed E-state index contributed by atoms with van der Waals surface area (Å²) in [5.74, 6) is 0.414. The molecule has 2 N–H and O–H groups in total. The second-order valence-corrected chi connectivity index (χ2v) is 8.71. The predicted octanol–water partition coefficient (Wildman–Crippen LogP) is 2.26. The monoisotopic (exact) mass is 361 g/mol. The molecule has 1 saturated carbocycles. The molecule has 0 radical (unpaired) electrons. The molecule has 1 aromatic heterocycles. The summed E-state index contributed by atoms with van der Waals surface area (Å²) < 4.78 is 27.6. The molecule has 5 nitrogen and oxygen atoms in total. The maximum Gasteiger partial charge on any atom is 0.325 e. The molecule has 3 atom stereocenters. The highest BCUT2D eigenvalue weighted by molar-refractivity contribution is 7.91. The van der Waals surface area contributed by atoms with Crippen LogP contribution in [-0.4, -0.2) is 25.0 Å². The third-order valence-electron chi connectivity index (χ3n) is 4.40. The molecular formula is C17H15NO4S2. The number of carboxylic acid groups (broad SMARTS) is 1. The normalized spacial score (nSPS) is 25.8. The van der Waals surface area contributed by atoms with Crippen molar-refractivity contribution >= 4 is 27.3 Å². The van der Waals surface area contributed by atoms with Crippen molar-refractivity contribution in [1.82, 2.24) is 4.72 Å². The Morgan fingerprint density at radius 1 is 1.29 bits per heavy atom. The van der Waals surface area contributed by atoms with Crippen molar-refractivity contribution in [2.24, 2.45) is 5.92 Å². The second-order valence-electron chi connectivity index (χ2n) is 5.72. The standard InChI is InChI=1S/C17H15NO4S2/c1-3-13-9-10-14(23-13)24(21,22)18-17(16(19)20)11(2)15(17)12-7-5-4-6-8-12/h1,4-11,15,18H,2H3,(H,19,20)/t11?,15-,17-/m0/s1. The van der Waals surface area contributed by atoms with E-state index in [1.165, 1.54) is 12.1 Å². The Bertz CT molecular complexity index is 927. The van der Waals surface area contributed by atoms with Gasteiger partial charge in [0.15, 0.2) is 0 Å². The van der Waals surface area contributed by atoms with Crippen LogP contribution in [0.1, 0.15) is 23.3 Å². The van der Waals surface area contributed by atoms with Gasteiger partial charge in [0.25, 0.3) is 10.0 Å². The van der Waals surface area contributed by atoms with Crippen LogP contribution >= 0.6 is 11.3 Å². The molecule has 1 fully saturated rings. The summed E-state index contributed by atoms with van der Waals surface area (Å²) in [6.07, 6.45) is 5.27. The maximum absolute atomic E-state index is 12.6. The lowest BCUT2D eigenvalue weighted by atomic mass is 10.1. The predicted molar refractivity (Wildman–Crippen MR) is 91.3 cm³/mol. The highest BCUT2D eigenvalue weighted by Gasteiger charge is 2.70. The first-order valence-electron chi connectivity index (χ1n) is 7.21. The summed E-state index contributed by atoms with van der Waals surface area (Å²) >= 11 is 0.939. The summed E-state index contributed by atoms with van der Waals surface area (Å²) in [5, 5.41) is 9.71. The highest BCUT2D eigenvalue weighted by Crippen LogP contribution is 2.58. The van der Waals surface area contributed by atoms with Crippen molar-refractivity contribution < 1.29 is 18.3 Å². The van der Waals surface area contributed by atoms with Gasteiger partial charge in [-0.05, 0) is 23.6 Å². The van der Waals surface area contributed by atoms with Gasteiger partial charge in [0.05, 0.1) is 4.88 Å². The molecule has 2 aromatic rings. The van der Waals surface area contributed by atoms with E-state index < -0.39 is 27.4 Å². The second kappa shape index (κ2) is 5.74. The lowest BCUT2D eigenvalue weighted by molar-refractivity contribution is -0.140. The molecule has 124 valence electrons. The first-order valence-corrected chi connectivity index (χ1v) is 9.51. The quantitative estimate of drug-likeness (QED) is 0.800. The number of hydrogen-bond acceptors (Lipinski definition) is 4. The molecule has 0 bridgehead atoms. The number of benzene rings is 1. The van der Waals surface area contributed by atoms with E-state index in [0.29, 0.717) is 4.88 Å². The van der Waals surface area contributed by atoms with Crippen LogP contribution in [0, 0.1) is 18.3 Å². The van der Waals surface area contributed by atoms with Crippen molar-refractivity contribution in [2.45, 2.75) is 22.6 Å². The number of aliphatic carboxylic acids is 1. The summed E-state index contributed by atoms with van der Waals surface area (Å²) in [6.45, 7) is 1.73. The lowest BCUT2D eigenvalue weighted by Gasteiger charge is -2.15. The highest BCUT2D eigenvalue weighted by atomic mass is 32.2. The van der Waals surface area contributed by atoms with Crippen molar-refractivity contribution in [3.05, 3.63) is 52.9 Å². The Hall–Kier alpha value is -2.14. The molecule has 24 heavy (non-hydrogen) atoms. The molecule has 0 aliphatic heterocycles. The molecule has 1 unspecified atom stereocenters. The third kappa shape index (κ3) is 2.53. The van der Waals surface area contributed by atoms with E-state index in [1.807, 2.05) is 18.2 Å². The Kier molecular flexibility index (Phi) is 4.00. The van der Waals surface area contributed by atoms with Gasteiger partial charge in [-0.15, -0.1) is 17.8 Å². The van der Waals surface area contributed by atoms with Crippen LogP contribution in [0.2, 0.25) is 0 Å². The molecule has 0 saturated heterocycles. The van der Waals surface area contributed by atoms with Crippen LogP contribution < -0.4 is 4.72 Å². The number of sulfonamides is 1. The summed E-state index contributed by atoms with van der Waals surface area (Å²) in [5.41, 5.74) is -0.744. The van der Waals surface area contributed by atoms with E-state index in [0.717, 1.165) is 16.9 Å². The van der Waals surface area contributed by atoms with E-state index in [9.17, 15) is 18.3 Å². The van der Waals surface area contributed by atoms with Crippen LogP contribution in [-0.2, 0) is 14.8 Å². The first kappa shape index (κ1) is 16.7. The van der Waals surface area contributed by atoms with Gasteiger partial charge in [0.2, 0.25) is 0 Å². The fourth-order valence-corrected chi connectivity index (χ4v) is 5.69. The fourth-order valence-electron chi connectivity index (χ4n) is 3.12. The van der Waals surface area contributed by atoms with E-state index >= 15 is 0 Å². The number of terminal acetylenes is 1. The maximum atomic E-state index is 12.6. The van der Waals surface area contributed by atoms with Crippen molar-refractivity contribution in [2.75, 3.05) is 0 Å². The largest absolute Gasteiger partial charge is 0.480 e. The van der Waals surface area contributed by atoms with Crippen LogP contribution in [0.3, 0.4) is 0 Å². The number of hydrogen-bond donors (Lipinski definition) is 2. The van der Waals surface area contributed by atoms with Crippen molar-refractivity contribution in [3.8, 4) is 12.3 Å². The molecular weight excluding hydrogens is 346 g/mol. The summed E-state index contributed by atoms with van der Waals surface area (Å²) in [7, 11) is -3.97. The SMILES string of the molecule is C#Cc1ccc(S(=O)(=O)N[C@@]2(C(=O)O)C(C)[C@H]2c2ccccc2)s1. The molecule has 0 amide bonds. The van der Waals surface area contributed by atoms with Crippen LogP contribution in [0.4, 0.5) is 0 Å². The zero-order chi connectivity index (χ0) is 17.5. The average molecular weight is 361 g/mol. The van der Waals surface area contributed by atoms with Gasteiger partial charge >= 0.3 is 5.97 Å². The minimum Gasteiger partial charge on any atom is -0.480 e. The molecule has 1 aliphatic carbocycles. The smallest absolute Gasteiger partial charge is 0.325 e. The Morgan fingerprint density at radius 3 is 2.50 bits per heavy atom. The van der Waals surface area contributed by atoms with Crippen LogP contribution in [0.25, 0.3) is 0 Å². The lowest BCUT2D eigenvalue weighted by Crippen LogP contribution is -2.45. The van der Waals surface area contributed by atoms with Crippen LogP contribution in [0.5, 0.6) is 0 Å². The number of carbonyl (C=O) groups is 1. The molecule has 7 heteroatoms. The molecule has 0 spiro atoms. The molecule has 1 aliphatic rings. The van der Waals surface area contributed by atoms with Crippen molar-refractivity contribution in [1.29, 1.82) is 0 Å². The van der Waals surface area contributed by atoms with Gasteiger partial charge < -0.3 is 5.11 Å². The Morgan fingerprint density at radius 2 is 1.96 bits per heavy atom. The first-order chi connectivity index (χ1) is 11.3. The topological polar surface area (TPSA) is 83.5 Å². The van der Waals surface area contributed by atoms with Crippen molar-refractivity contribution in [3.63, 3.8) is 0 Å². The zero-order valence-corrected chi connectivity index (χ0v) is 14.4. The zero-order valence-electron chi connectivity index (χ0n) is 12.8. The Labute approximate surface area is 144 Å². The van der Waals surface area contributed by atoms with Gasteiger partial charge in [0.1, 0.15) is 9.75 Å². The summed E-state index contributed by atoms with van der Waals surface area (Å²) in [4.78, 5) is 12.4. The summed E-state index contributed by atoms with van der Waals surface area (Å²) in [6, 6.07) is 12.0. The van der Waals surface area contributed by atoms with E-state index in [-0.39, 0.29) is 10.1 Å². The van der Waals surface area contributed by atoms with E-state index in [1.54, 1.807) is 19.1 Å². The minimum absolute atomic E-state index is 0.0157. The van der Waals surface area contributed by atoms with Crippen LogP contribution in [0.15, 0.2) is 46.7 Å². The number of carboxylic acids is 1.